The third-order valence-corrected chi connectivity index (χ3v) is 5.01. The molecular weight excluding hydrogens is 310 g/mol. The summed E-state index contributed by atoms with van der Waals surface area (Å²) >= 11 is 1.51. The number of rotatable bonds is 3. The Balaban J connectivity index is 1.53. The first-order valence-electron chi connectivity index (χ1n) is 7.40. The van der Waals surface area contributed by atoms with Gasteiger partial charge in [-0.1, -0.05) is 24.3 Å². The molecule has 2 heterocycles. The molecule has 23 heavy (non-hydrogen) atoms. The number of ether oxygens (including phenoxy) is 2. The molecule has 2 aromatic carbocycles. The molecule has 1 aliphatic heterocycles. The molecule has 0 aliphatic carbocycles. The summed E-state index contributed by atoms with van der Waals surface area (Å²) in [7, 11) is 0. The first kappa shape index (κ1) is 14.1. The quantitative estimate of drug-likeness (QED) is 0.788. The monoisotopic (exact) mass is 325 g/mol. The molecule has 0 fully saturated rings. The van der Waals surface area contributed by atoms with E-state index in [0.29, 0.717) is 0 Å². The fraction of sp³-hybridized carbons (Fsp3) is 0.167. The van der Waals surface area contributed by atoms with Crippen LogP contribution in [0.15, 0.2) is 48.5 Å². The number of carbonyl (C=O) groups is 1. The maximum Gasteiger partial charge on any atom is 0.261 e. The van der Waals surface area contributed by atoms with Crippen molar-refractivity contribution in [3.05, 3.63) is 59.0 Å². The van der Waals surface area contributed by atoms with Crippen LogP contribution in [0.4, 0.5) is 0 Å². The summed E-state index contributed by atoms with van der Waals surface area (Å²) in [6, 6.07) is 15.6. The van der Waals surface area contributed by atoms with Crippen molar-refractivity contribution in [3.8, 4) is 11.5 Å². The summed E-state index contributed by atoms with van der Waals surface area (Å²) in [6.07, 6.45) is 0. The van der Waals surface area contributed by atoms with Crippen molar-refractivity contribution >= 4 is 27.3 Å². The molecule has 0 saturated heterocycles. The number of amides is 1. The maximum atomic E-state index is 12.5. The Bertz CT molecular complexity index is 854. The topological polar surface area (TPSA) is 47.6 Å². The Labute approximate surface area is 137 Å². The van der Waals surface area contributed by atoms with Crippen molar-refractivity contribution < 1.29 is 14.3 Å². The Morgan fingerprint density at radius 3 is 2.83 bits per heavy atom. The fourth-order valence-electron chi connectivity index (χ4n) is 2.63. The summed E-state index contributed by atoms with van der Waals surface area (Å²) in [5, 5.41) is 4.14. The zero-order valence-electron chi connectivity index (χ0n) is 12.5. The molecule has 0 spiro atoms. The highest BCUT2D eigenvalue weighted by atomic mass is 32.1. The number of nitrogens with one attached hydrogen (secondary N) is 1. The van der Waals surface area contributed by atoms with E-state index in [-0.39, 0.29) is 18.7 Å². The van der Waals surface area contributed by atoms with Gasteiger partial charge in [-0.05, 0) is 42.1 Å². The van der Waals surface area contributed by atoms with E-state index < -0.39 is 0 Å². The van der Waals surface area contributed by atoms with E-state index >= 15 is 0 Å². The van der Waals surface area contributed by atoms with Gasteiger partial charge in [0.1, 0.15) is 0 Å². The molecule has 4 nitrogen and oxygen atoms in total. The van der Waals surface area contributed by atoms with E-state index in [1.807, 2.05) is 55.5 Å². The second-order valence-electron chi connectivity index (χ2n) is 5.46. The summed E-state index contributed by atoms with van der Waals surface area (Å²) in [4.78, 5) is 13.2. The summed E-state index contributed by atoms with van der Waals surface area (Å²) < 4.78 is 11.8. The lowest BCUT2D eigenvalue weighted by Gasteiger charge is -2.14. The lowest BCUT2D eigenvalue weighted by molar-refractivity contribution is 0.0944. The van der Waals surface area contributed by atoms with E-state index in [4.69, 9.17) is 9.47 Å². The van der Waals surface area contributed by atoms with Crippen molar-refractivity contribution in [2.45, 2.75) is 13.0 Å². The van der Waals surface area contributed by atoms with Gasteiger partial charge in [-0.2, -0.15) is 0 Å². The zero-order valence-corrected chi connectivity index (χ0v) is 13.4. The second kappa shape index (κ2) is 5.59. The van der Waals surface area contributed by atoms with Gasteiger partial charge in [0.2, 0.25) is 6.79 Å². The predicted molar refractivity (Wildman–Crippen MR) is 90.3 cm³/mol. The Hall–Kier alpha value is -2.53. The molecule has 1 N–H and O–H groups in total. The van der Waals surface area contributed by atoms with Gasteiger partial charge in [-0.3, -0.25) is 4.79 Å². The SMILES string of the molecule is CC(NC(=O)c1cc2ccccc2s1)c1ccc2c(c1)OCO2. The number of thiophene rings is 1. The zero-order chi connectivity index (χ0) is 15.8. The van der Waals surface area contributed by atoms with Crippen molar-refractivity contribution in [2.24, 2.45) is 0 Å². The van der Waals surface area contributed by atoms with Gasteiger partial charge < -0.3 is 14.8 Å². The fourth-order valence-corrected chi connectivity index (χ4v) is 3.59. The van der Waals surface area contributed by atoms with Crippen LogP contribution in [-0.4, -0.2) is 12.7 Å². The standard InChI is InChI=1S/C18H15NO3S/c1-11(12-6-7-14-15(8-12)22-10-21-14)19-18(20)17-9-13-4-2-3-5-16(13)23-17/h2-9,11H,10H2,1H3,(H,19,20). The van der Waals surface area contributed by atoms with E-state index in [9.17, 15) is 4.79 Å². The average Bonchev–Trinajstić information content (AvgIpc) is 3.20. The van der Waals surface area contributed by atoms with Gasteiger partial charge in [-0.15, -0.1) is 11.3 Å². The third-order valence-electron chi connectivity index (χ3n) is 3.89. The van der Waals surface area contributed by atoms with Crippen LogP contribution >= 0.6 is 11.3 Å². The highest BCUT2D eigenvalue weighted by Crippen LogP contribution is 2.34. The van der Waals surface area contributed by atoms with Crippen LogP contribution in [0.1, 0.15) is 28.2 Å². The number of hydrogen-bond donors (Lipinski definition) is 1. The summed E-state index contributed by atoms with van der Waals surface area (Å²) in [6.45, 7) is 2.21. The number of carbonyl (C=O) groups excluding carboxylic acids is 1. The minimum Gasteiger partial charge on any atom is -0.454 e. The molecule has 5 heteroatoms. The molecule has 0 radical (unpaired) electrons. The smallest absolute Gasteiger partial charge is 0.261 e. The first-order chi connectivity index (χ1) is 11.2. The minimum absolute atomic E-state index is 0.0589. The van der Waals surface area contributed by atoms with Gasteiger partial charge in [0.15, 0.2) is 11.5 Å². The maximum absolute atomic E-state index is 12.5. The number of hydrogen-bond acceptors (Lipinski definition) is 4. The normalized spacial score (nSPS) is 14.0. The third kappa shape index (κ3) is 2.64. The molecule has 116 valence electrons. The largest absolute Gasteiger partial charge is 0.454 e. The van der Waals surface area contributed by atoms with Crippen LogP contribution in [0.25, 0.3) is 10.1 Å². The van der Waals surface area contributed by atoms with Crippen LogP contribution in [0.3, 0.4) is 0 Å². The predicted octanol–water partition coefficient (Wildman–Crippen LogP) is 4.12. The molecule has 0 saturated carbocycles. The minimum atomic E-state index is -0.109. The van der Waals surface area contributed by atoms with Crippen LogP contribution < -0.4 is 14.8 Å². The highest BCUT2D eigenvalue weighted by Gasteiger charge is 2.18. The van der Waals surface area contributed by atoms with Gasteiger partial charge >= 0.3 is 0 Å². The van der Waals surface area contributed by atoms with E-state index in [0.717, 1.165) is 32.0 Å². The molecule has 1 atom stereocenters. The van der Waals surface area contributed by atoms with Crippen molar-refractivity contribution in [2.75, 3.05) is 6.79 Å². The lowest BCUT2D eigenvalue weighted by Crippen LogP contribution is -2.25. The molecule has 1 unspecified atom stereocenters. The molecule has 1 amide bonds. The van der Waals surface area contributed by atoms with E-state index in [2.05, 4.69) is 5.32 Å². The van der Waals surface area contributed by atoms with E-state index in [1.165, 1.54) is 11.3 Å². The van der Waals surface area contributed by atoms with Crippen LogP contribution in [0, 0.1) is 0 Å². The average molecular weight is 325 g/mol. The van der Waals surface area contributed by atoms with Gasteiger partial charge in [0.05, 0.1) is 10.9 Å². The molecule has 1 aliphatic rings. The molecule has 4 rings (SSSR count). The summed E-state index contributed by atoms with van der Waals surface area (Å²) in [5.74, 6) is 1.42. The number of benzene rings is 2. The van der Waals surface area contributed by atoms with Crippen LogP contribution in [0.2, 0.25) is 0 Å². The molecular formula is C18H15NO3S. The second-order valence-corrected chi connectivity index (χ2v) is 6.54. The van der Waals surface area contributed by atoms with Crippen LogP contribution in [-0.2, 0) is 0 Å². The Kier molecular flexibility index (Phi) is 3.42. The van der Waals surface area contributed by atoms with Gasteiger partial charge in [-0.25, -0.2) is 0 Å². The van der Waals surface area contributed by atoms with E-state index in [1.54, 1.807) is 0 Å². The molecule has 3 aromatic rings. The van der Waals surface area contributed by atoms with Crippen molar-refractivity contribution in [1.82, 2.24) is 5.32 Å². The first-order valence-corrected chi connectivity index (χ1v) is 8.21. The van der Waals surface area contributed by atoms with Crippen molar-refractivity contribution in [3.63, 3.8) is 0 Å². The summed E-state index contributed by atoms with van der Waals surface area (Å²) in [5.41, 5.74) is 0.990. The Morgan fingerprint density at radius 2 is 1.96 bits per heavy atom. The molecule has 0 bridgehead atoms. The lowest BCUT2D eigenvalue weighted by atomic mass is 10.1. The highest BCUT2D eigenvalue weighted by molar-refractivity contribution is 7.20. The van der Waals surface area contributed by atoms with Gasteiger partial charge in [0, 0.05) is 4.70 Å². The van der Waals surface area contributed by atoms with Crippen LogP contribution in [0.5, 0.6) is 11.5 Å². The van der Waals surface area contributed by atoms with Gasteiger partial charge in [0.25, 0.3) is 5.91 Å². The number of fused-ring (bicyclic) bond motifs is 2. The Morgan fingerprint density at radius 1 is 1.13 bits per heavy atom. The van der Waals surface area contributed by atoms with Crippen molar-refractivity contribution in [1.29, 1.82) is 0 Å². The molecule has 1 aromatic heterocycles.